The van der Waals surface area contributed by atoms with Crippen molar-refractivity contribution in [2.45, 2.75) is 32.7 Å². The monoisotopic (exact) mass is 251 g/mol. The molecule has 1 unspecified atom stereocenters. The molecule has 0 radical (unpaired) electrons. The molecule has 0 aliphatic heterocycles. The molecular weight excluding hydrogens is 230 g/mol. The van der Waals surface area contributed by atoms with Gasteiger partial charge in [0, 0.05) is 5.56 Å². The summed E-state index contributed by atoms with van der Waals surface area (Å²) in [6, 6.07) is 7.49. The van der Waals surface area contributed by atoms with E-state index in [1.807, 2.05) is 32.0 Å². The summed E-state index contributed by atoms with van der Waals surface area (Å²) in [4.78, 5) is 20.6. The van der Waals surface area contributed by atoms with Gasteiger partial charge in [-0.25, -0.2) is 0 Å². The van der Waals surface area contributed by atoms with Gasteiger partial charge in [0.15, 0.2) is 0 Å². The van der Waals surface area contributed by atoms with Crippen molar-refractivity contribution in [1.29, 1.82) is 0 Å². The van der Waals surface area contributed by atoms with Gasteiger partial charge in [-0.1, -0.05) is 30.7 Å². The van der Waals surface area contributed by atoms with Crippen LogP contribution in [0.3, 0.4) is 0 Å². The van der Waals surface area contributed by atoms with Crippen LogP contribution < -0.4 is 5.32 Å². The lowest BCUT2D eigenvalue weighted by atomic mass is 10.0. The molecule has 0 fully saturated rings. The number of aldehydes is 1. The van der Waals surface area contributed by atoms with Crippen LogP contribution in [-0.2, 0) is 4.79 Å². The molecule has 0 heterocycles. The summed E-state index contributed by atoms with van der Waals surface area (Å²) >= 11 is 0. The maximum Gasteiger partial charge on any atom is 0.323 e. The van der Waals surface area contributed by atoms with Gasteiger partial charge in [-0.05, 0) is 33.4 Å². The number of carbonyl (C=O) groups excluding carboxylic acids is 1. The highest BCUT2D eigenvalue weighted by molar-refractivity contribution is 5.78. The summed E-state index contributed by atoms with van der Waals surface area (Å²) in [6.07, 6.45) is 1.45. The van der Waals surface area contributed by atoms with Gasteiger partial charge in [0.2, 0.25) is 0 Å². The minimum atomic E-state index is -0.799. The van der Waals surface area contributed by atoms with Crippen molar-refractivity contribution >= 4 is 12.3 Å². The predicted octanol–water partition coefficient (Wildman–Crippen LogP) is 2.27. The van der Waals surface area contributed by atoms with Crippen LogP contribution >= 0.6 is 0 Å². The SMILES string of the molecule is CCC(C)(NC)C(=O)O.Cc1cccc(C=O)c1. The first-order valence-electron chi connectivity index (χ1n) is 5.83. The molecule has 0 aliphatic rings. The lowest BCUT2D eigenvalue weighted by Crippen LogP contribution is -2.46. The molecule has 4 heteroatoms. The van der Waals surface area contributed by atoms with Gasteiger partial charge in [-0.2, -0.15) is 0 Å². The van der Waals surface area contributed by atoms with Gasteiger partial charge in [-0.3, -0.25) is 9.59 Å². The van der Waals surface area contributed by atoms with E-state index in [9.17, 15) is 9.59 Å². The Labute approximate surface area is 108 Å². The molecule has 0 aromatic heterocycles. The van der Waals surface area contributed by atoms with Crippen LogP contribution in [0.2, 0.25) is 0 Å². The lowest BCUT2D eigenvalue weighted by Gasteiger charge is -2.21. The van der Waals surface area contributed by atoms with Gasteiger partial charge in [-0.15, -0.1) is 0 Å². The number of nitrogens with one attached hydrogen (secondary N) is 1. The van der Waals surface area contributed by atoms with Crippen molar-refractivity contribution in [1.82, 2.24) is 5.32 Å². The fraction of sp³-hybridized carbons (Fsp3) is 0.429. The number of carbonyl (C=O) groups is 2. The maximum atomic E-state index is 10.4. The van der Waals surface area contributed by atoms with E-state index >= 15 is 0 Å². The zero-order valence-corrected chi connectivity index (χ0v) is 11.4. The van der Waals surface area contributed by atoms with Crippen LogP contribution in [0.25, 0.3) is 0 Å². The second-order valence-electron chi connectivity index (χ2n) is 4.27. The fourth-order valence-corrected chi connectivity index (χ4v) is 1.18. The second-order valence-corrected chi connectivity index (χ2v) is 4.27. The zero-order chi connectivity index (χ0) is 14.2. The van der Waals surface area contributed by atoms with Crippen molar-refractivity contribution in [3.63, 3.8) is 0 Å². The average molecular weight is 251 g/mol. The minimum Gasteiger partial charge on any atom is -0.480 e. The topological polar surface area (TPSA) is 66.4 Å². The van der Waals surface area contributed by atoms with Gasteiger partial charge >= 0.3 is 5.97 Å². The van der Waals surface area contributed by atoms with Crippen molar-refractivity contribution in [3.05, 3.63) is 35.4 Å². The van der Waals surface area contributed by atoms with Crippen molar-refractivity contribution in [2.75, 3.05) is 7.05 Å². The number of aliphatic carboxylic acids is 1. The molecule has 0 saturated carbocycles. The predicted molar refractivity (Wildman–Crippen MR) is 72.0 cm³/mol. The summed E-state index contributed by atoms with van der Waals surface area (Å²) < 4.78 is 0. The van der Waals surface area contributed by atoms with E-state index in [1.165, 1.54) is 0 Å². The maximum absolute atomic E-state index is 10.4. The highest BCUT2D eigenvalue weighted by Crippen LogP contribution is 2.06. The van der Waals surface area contributed by atoms with Crippen molar-refractivity contribution in [3.8, 4) is 0 Å². The number of carboxylic acid groups (broad SMARTS) is 1. The lowest BCUT2D eigenvalue weighted by molar-refractivity contribution is -0.144. The molecule has 0 spiro atoms. The van der Waals surface area contributed by atoms with Crippen LogP contribution in [0.1, 0.15) is 36.2 Å². The third-order valence-corrected chi connectivity index (χ3v) is 2.91. The summed E-state index contributed by atoms with van der Waals surface area (Å²) in [7, 11) is 1.65. The van der Waals surface area contributed by atoms with E-state index in [4.69, 9.17) is 5.11 Å². The molecule has 0 aliphatic carbocycles. The van der Waals surface area contributed by atoms with E-state index in [2.05, 4.69) is 5.32 Å². The molecule has 1 aromatic carbocycles. The van der Waals surface area contributed by atoms with Crippen molar-refractivity contribution < 1.29 is 14.7 Å². The molecule has 1 atom stereocenters. The number of hydrogen-bond acceptors (Lipinski definition) is 3. The molecule has 4 nitrogen and oxygen atoms in total. The number of likely N-dealkylation sites (N-methyl/N-ethyl adjacent to an activating group) is 1. The summed E-state index contributed by atoms with van der Waals surface area (Å²) in [6.45, 7) is 5.47. The Bertz CT molecular complexity index is 398. The molecule has 0 saturated heterocycles. The first kappa shape index (κ1) is 16.3. The molecule has 1 aromatic rings. The van der Waals surface area contributed by atoms with E-state index < -0.39 is 11.5 Å². The van der Waals surface area contributed by atoms with E-state index in [0.717, 1.165) is 17.4 Å². The standard InChI is InChI=1S/C8H8O.C6H13NO2/c1-7-3-2-4-8(5-7)6-9;1-4-6(2,7-3)5(8)9/h2-6H,1H3;7H,4H2,1-3H3,(H,8,9). The Morgan fingerprint density at radius 1 is 1.50 bits per heavy atom. The van der Waals surface area contributed by atoms with Crippen LogP contribution in [0.5, 0.6) is 0 Å². The molecule has 2 N–H and O–H groups in total. The molecule has 0 amide bonds. The first-order valence-corrected chi connectivity index (χ1v) is 5.83. The molecule has 18 heavy (non-hydrogen) atoms. The van der Waals surface area contributed by atoms with E-state index in [0.29, 0.717) is 6.42 Å². The summed E-state index contributed by atoms with van der Waals surface area (Å²) in [5.74, 6) is -0.799. The molecule has 0 bridgehead atoms. The van der Waals surface area contributed by atoms with Crippen LogP contribution in [0, 0.1) is 6.92 Å². The van der Waals surface area contributed by atoms with Crippen LogP contribution in [0.4, 0.5) is 0 Å². The number of carboxylic acids is 1. The molecule has 1 rings (SSSR count). The zero-order valence-electron chi connectivity index (χ0n) is 11.4. The van der Waals surface area contributed by atoms with Gasteiger partial charge in [0.1, 0.15) is 11.8 Å². The highest BCUT2D eigenvalue weighted by Gasteiger charge is 2.27. The fourth-order valence-electron chi connectivity index (χ4n) is 1.18. The van der Waals surface area contributed by atoms with Gasteiger partial charge in [0.25, 0.3) is 0 Å². The largest absolute Gasteiger partial charge is 0.480 e. The molecule has 100 valence electrons. The minimum absolute atomic E-state index is 0.596. The Morgan fingerprint density at radius 2 is 2.11 bits per heavy atom. The number of benzene rings is 1. The Kier molecular flexibility index (Phi) is 6.90. The Balaban J connectivity index is 0.000000321. The smallest absolute Gasteiger partial charge is 0.323 e. The van der Waals surface area contributed by atoms with Gasteiger partial charge < -0.3 is 10.4 Å². The van der Waals surface area contributed by atoms with Crippen LogP contribution in [0.15, 0.2) is 24.3 Å². The van der Waals surface area contributed by atoms with E-state index in [-0.39, 0.29) is 0 Å². The molecular formula is C14H21NO3. The third-order valence-electron chi connectivity index (χ3n) is 2.91. The van der Waals surface area contributed by atoms with Crippen LogP contribution in [-0.4, -0.2) is 29.9 Å². The Hall–Kier alpha value is -1.68. The number of hydrogen-bond donors (Lipinski definition) is 2. The summed E-state index contributed by atoms with van der Waals surface area (Å²) in [5.41, 5.74) is 1.12. The van der Waals surface area contributed by atoms with Crippen molar-refractivity contribution in [2.24, 2.45) is 0 Å². The van der Waals surface area contributed by atoms with Gasteiger partial charge in [0.05, 0.1) is 0 Å². The number of aryl methyl sites for hydroxylation is 1. The quantitative estimate of drug-likeness (QED) is 0.806. The van der Waals surface area contributed by atoms with E-state index in [1.54, 1.807) is 20.0 Å². The second kappa shape index (κ2) is 7.61. The normalized spacial score (nSPS) is 12.9. The first-order chi connectivity index (χ1) is 8.39. The highest BCUT2D eigenvalue weighted by atomic mass is 16.4. The third kappa shape index (κ3) is 5.10. The summed E-state index contributed by atoms with van der Waals surface area (Å²) in [5, 5.41) is 11.3. The Morgan fingerprint density at radius 3 is 2.33 bits per heavy atom. The average Bonchev–Trinajstić information content (AvgIpc) is 2.38. The number of rotatable bonds is 4.